The number of nitrogens with one attached hydrogen (secondary N) is 2. The van der Waals surface area contributed by atoms with Gasteiger partial charge in [-0.1, -0.05) is 17.7 Å². The molecule has 1 aliphatic rings. The predicted octanol–water partition coefficient (Wildman–Crippen LogP) is 4.93. The molecular weight excluding hydrogens is 536 g/mol. The van der Waals surface area contributed by atoms with Gasteiger partial charge in [-0.3, -0.25) is 9.20 Å². The quantitative estimate of drug-likeness (QED) is 0.347. The van der Waals surface area contributed by atoms with Crippen molar-refractivity contribution >= 4 is 44.5 Å². The summed E-state index contributed by atoms with van der Waals surface area (Å²) in [5.41, 5.74) is 1.86. The summed E-state index contributed by atoms with van der Waals surface area (Å²) in [5.74, 6) is -1.46. The van der Waals surface area contributed by atoms with Crippen molar-refractivity contribution in [1.82, 2.24) is 19.7 Å². The van der Waals surface area contributed by atoms with Gasteiger partial charge in [-0.2, -0.15) is 0 Å². The standard InChI is InChI=1S/C26H24ClF2N5O3S/c1-15-2-4-19(23(29)22(15)28)21-14-31-25-24(30-8-9-34(21)25)33-17-3-5-18(20(27)12-17)26(35)32-13-16-6-10-38(36,37)11-7-16/h2-5,8-9,12,14,16H,6-7,10-11,13H2,1H3,(H,30,33)(H,32,35). The molecule has 38 heavy (non-hydrogen) atoms. The first-order valence-electron chi connectivity index (χ1n) is 11.9. The highest BCUT2D eigenvalue weighted by Gasteiger charge is 2.24. The Morgan fingerprint density at radius 3 is 2.63 bits per heavy atom. The molecule has 1 amide bonds. The van der Waals surface area contributed by atoms with Crippen molar-refractivity contribution in [2.75, 3.05) is 23.4 Å². The molecule has 198 valence electrons. The molecule has 5 rings (SSSR count). The van der Waals surface area contributed by atoms with Crippen LogP contribution in [0.25, 0.3) is 16.9 Å². The lowest BCUT2D eigenvalue weighted by Crippen LogP contribution is -2.34. The predicted molar refractivity (Wildman–Crippen MR) is 142 cm³/mol. The largest absolute Gasteiger partial charge is 0.352 e. The summed E-state index contributed by atoms with van der Waals surface area (Å²) in [5, 5.41) is 6.16. The second-order valence-corrected chi connectivity index (χ2v) is 12.0. The number of amides is 1. The minimum absolute atomic E-state index is 0.0750. The average molecular weight is 560 g/mol. The van der Waals surface area contributed by atoms with Crippen molar-refractivity contribution < 1.29 is 22.0 Å². The first-order chi connectivity index (χ1) is 18.1. The first kappa shape index (κ1) is 26.1. The second kappa shape index (κ2) is 10.3. The minimum Gasteiger partial charge on any atom is -0.352 e. The molecule has 8 nitrogen and oxygen atoms in total. The third-order valence-corrected chi connectivity index (χ3v) is 8.71. The second-order valence-electron chi connectivity index (χ2n) is 9.30. The fourth-order valence-corrected chi connectivity index (χ4v) is 6.29. The number of sulfone groups is 1. The van der Waals surface area contributed by atoms with Gasteiger partial charge in [-0.05, 0) is 55.5 Å². The maximum absolute atomic E-state index is 14.6. The van der Waals surface area contributed by atoms with Crippen molar-refractivity contribution in [1.29, 1.82) is 0 Å². The van der Waals surface area contributed by atoms with Gasteiger partial charge in [0.05, 0.1) is 34.0 Å². The fraction of sp³-hybridized carbons (Fsp3) is 0.269. The van der Waals surface area contributed by atoms with Crippen LogP contribution in [0.15, 0.2) is 48.9 Å². The van der Waals surface area contributed by atoms with Crippen molar-refractivity contribution in [2.24, 2.45) is 5.92 Å². The van der Waals surface area contributed by atoms with E-state index in [0.29, 0.717) is 42.2 Å². The molecule has 0 unspecified atom stereocenters. The number of fused-ring (bicyclic) bond motifs is 1. The molecule has 0 radical (unpaired) electrons. The molecular formula is C26H24ClF2N5O3S. The lowest BCUT2D eigenvalue weighted by molar-refractivity contribution is 0.0946. The van der Waals surface area contributed by atoms with Gasteiger partial charge in [0.1, 0.15) is 9.84 Å². The normalized spacial score (nSPS) is 15.5. The lowest BCUT2D eigenvalue weighted by atomic mass is 10.0. The summed E-state index contributed by atoms with van der Waals surface area (Å²) >= 11 is 6.40. The van der Waals surface area contributed by atoms with Gasteiger partial charge in [-0.15, -0.1) is 0 Å². The minimum atomic E-state index is -2.96. The van der Waals surface area contributed by atoms with Crippen molar-refractivity contribution in [3.8, 4) is 11.3 Å². The third-order valence-electron chi connectivity index (χ3n) is 6.68. The van der Waals surface area contributed by atoms with Crippen molar-refractivity contribution in [3.63, 3.8) is 0 Å². The van der Waals surface area contributed by atoms with E-state index in [4.69, 9.17) is 11.6 Å². The van der Waals surface area contributed by atoms with Crippen LogP contribution in [-0.4, -0.2) is 46.7 Å². The molecule has 0 saturated carbocycles. The van der Waals surface area contributed by atoms with E-state index in [1.807, 2.05) is 0 Å². The van der Waals surface area contributed by atoms with Crippen LogP contribution in [0.3, 0.4) is 0 Å². The molecule has 0 aliphatic carbocycles. The molecule has 1 fully saturated rings. The van der Waals surface area contributed by atoms with Crippen LogP contribution < -0.4 is 10.6 Å². The molecule has 0 bridgehead atoms. The maximum atomic E-state index is 14.6. The van der Waals surface area contributed by atoms with Gasteiger partial charge in [0.25, 0.3) is 5.91 Å². The Kier molecular flexibility index (Phi) is 7.06. The number of rotatable bonds is 6. The number of hydrogen-bond acceptors (Lipinski definition) is 6. The van der Waals surface area contributed by atoms with Crippen molar-refractivity contribution in [2.45, 2.75) is 19.8 Å². The summed E-state index contributed by atoms with van der Waals surface area (Å²) in [6.07, 6.45) is 5.60. The molecule has 2 N–H and O–H groups in total. The van der Waals surface area contributed by atoms with Crippen LogP contribution in [0, 0.1) is 24.5 Å². The van der Waals surface area contributed by atoms with Crippen LogP contribution in [0.2, 0.25) is 5.02 Å². The topological polar surface area (TPSA) is 105 Å². The molecule has 1 saturated heterocycles. The highest BCUT2D eigenvalue weighted by atomic mass is 35.5. The van der Waals surface area contributed by atoms with Gasteiger partial charge in [0, 0.05) is 30.2 Å². The van der Waals surface area contributed by atoms with Gasteiger partial charge in [0.15, 0.2) is 23.1 Å². The monoisotopic (exact) mass is 559 g/mol. The molecule has 0 atom stereocenters. The zero-order valence-corrected chi connectivity index (χ0v) is 21.9. The lowest BCUT2D eigenvalue weighted by Gasteiger charge is -2.22. The Balaban J connectivity index is 1.32. The van der Waals surface area contributed by atoms with Crippen LogP contribution >= 0.6 is 11.6 Å². The molecule has 0 spiro atoms. The number of aromatic nitrogens is 3. The van der Waals surface area contributed by atoms with E-state index in [0.717, 1.165) is 0 Å². The van der Waals surface area contributed by atoms with Gasteiger partial charge < -0.3 is 10.6 Å². The molecule has 4 aromatic rings. The summed E-state index contributed by atoms with van der Waals surface area (Å²) in [4.78, 5) is 21.3. The number of hydrogen-bond donors (Lipinski definition) is 2. The highest BCUT2D eigenvalue weighted by molar-refractivity contribution is 7.91. The Bertz CT molecular complexity index is 1640. The fourth-order valence-electron chi connectivity index (χ4n) is 4.44. The highest BCUT2D eigenvalue weighted by Crippen LogP contribution is 2.30. The van der Waals surface area contributed by atoms with E-state index in [-0.39, 0.29) is 45.0 Å². The zero-order chi connectivity index (χ0) is 27.0. The number of benzene rings is 2. The van der Waals surface area contributed by atoms with E-state index in [2.05, 4.69) is 20.6 Å². The summed E-state index contributed by atoms with van der Waals surface area (Å²) < 4.78 is 53.6. The summed E-state index contributed by atoms with van der Waals surface area (Å²) in [6, 6.07) is 7.83. The Labute approximate surface area is 223 Å². The zero-order valence-electron chi connectivity index (χ0n) is 20.3. The molecule has 2 aromatic heterocycles. The Morgan fingerprint density at radius 2 is 1.89 bits per heavy atom. The number of imidazole rings is 1. The molecule has 3 heterocycles. The molecule has 12 heteroatoms. The average Bonchev–Trinajstić information content (AvgIpc) is 3.32. The summed E-state index contributed by atoms with van der Waals surface area (Å²) in [6.45, 7) is 1.87. The number of aryl methyl sites for hydroxylation is 1. The van der Waals surface area contributed by atoms with Crippen LogP contribution in [0.1, 0.15) is 28.8 Å². The number of halogens is 3. The van der Waals surface area contributed by atoms with E-state index < -0.39 is 21.5 Å². The van der Waals surface area contributed by atoms with Crippen LogP contribution in [-0.2, 0) is 9.84 Å². The van der Waals surface area contributed by atoms with Gasteiger partial charge in [-0.25, -0.2) is 27.2 Å². The maximum Gasteiger partial charge on any atom is 0.252 e. The Hall–Kier alpha value is -3.57. The first-order valence-corrected chi connectivity index (χ1v) is 14.1. The van der Waals surface area contributed by atoms with Crippen molar-refractivity contribution in [3.05, 3.63) is 76.7 Å². The Morgan fingerprint density at radius 1 is 1.13 bits per heavy atom. The smallest absolute Gasteiger partial charge is 0.252 e. The number of nitrogens with zero attached hydrogens (tertiary/aromatic N) is 3. The molecule has 1 aliphatic heterocycles. The molecule has 2 aromatic carbocycles. The van der Waals surface area contributed by atoms with E-state index >= 15 is 0 Å². The van der Waals surface area contributed by atoms with Crippen LogP contribution in [0.5, 0.6) is 0 Å². The third kappa shape index (κ3) is 5.21. The van der Waals surface area contributed by atoms with E-state index in [1.165, 1.54) is 31.5 Å². The summed E-state index contributed by atoms with van der Waals surface area (Å²) in [7, 11) is -2.96. The van der Waals surface area contributed by atoms with Gasteiger partial charge >= 0.3 is 0 Å². The van der Waals surface area contributed by atoms with E-state index in [1.54, 1.807) is 28.8 Å². The van der Waals surface area contributed by atoms with E-state index in [9.17, 15) is 22.0 Å². The van der Waals surface area contributed by atoms with Gasteiger partial charge in [0.2, 0.25) is 0 Å². The number of carbonyl (C=O) groups is 1. The SMILES string of the molecule is Cc1ccc(-c2cnc3c(Nc4ccc(C(=O)NCC5CCS(=O)(=O)CC5)c(Cl)c4)nccn23)c(F)c1F. The number of carbonyl (C=O) groups excluding carboxylic acids is 1. The van der Waals surface area contributed by atoms with Crippen LogP contribution in [0.4, 0.5) is 20.3 Å². The number of anilines is 2.